The molecule has 0 heterocycles. The highest BCUT2D eigenvalue weighted by atomic mass is 127. The van der Waals surface area contributed by atoms with Crippen molar-refractivity contribution in [2.24, 2.45) is 10.7 Å². The summed E-state index contributed by atoms with van der Waals surface area (Å²) in [5, 5.41) is 2.97. The van der Waals surface area contributed by atoms with E-state index in [1.165, 1.54) is 0 Å². The number of nitrogens with zero attached hydrogens (tertiary/aromatic N) is 1. The van der Waals surface area contributed by atoms with Crippen LogP contribution in [0.15, 0.2) is 23.2 Å². The molecule has 5 nitrogen and oxygen atoms in total. The van der Waals surface area contributed by atoms with E-state index in [9.17, 15) is 0 Å². The Bertz CT molecular complexity index is 439. The SMILES string of the molecule is CCNC(N)=NCCc1ccc(OCC)c(OCC)c1.I. The van der Waals surface area contributed by atoms with Crippen molar-refractivity contribution in [1.29, 1.82) is 0 Å². The predicted octanol–water partition coefficient (Wildman–Crippen LogP) is 2.57. The molecule has 6 heteroatoms. The molecule has 1 rings (SSSR count). The Hall–Kier alpha value is -1.18. The van der Waals surface area contributed by atoms with Crippen molar-refractivity contribution < 1.29 is 9.47 Å². The van der Waals surface area contributed by atoms with E-state index < -0.39 is 0 Å². The van der Waals surface area contributed by atoms with Crippen LogP contribution in [0.4, 0.5) is 0 Å². The highest BCUT2D eigenvalue weighted by Crippen LogP contribution is 2.28. The maximum absolute atomic E-state index is 5.68. The Morgan fingerprint density at radius 3 is 2.43 bits per heavy atom. The fourth-order valence-electron chi connectivity index (χ4n) is 1.79. The summed E-state index contributed by atoms with van der Waals surface area (Å²) in [4.78, 5) is 4.25. The molecule has 0 aromatic heterocycles. The molecule has 0 amide bonds. The van der Waals surface area contributed by atoms with Gasteiger partial charge in [-0.25, -0.2) is 0 Å². The minimum atomic E-state index is 0. The zero-order valence-corrected chi connectivity index (χ0v) is 15.3. The van der Waals surface area contributed by atoms with E-state index >= 15 is 0 Å². The van der Waals surface area contributed by atoms with Crippen LogP contribution in [0.5, 0.6) is 11.5 Å². The first-order chi connectivity index (χ1) is 9.71. The average Bonchev–Trinajstić information content (AvgIpc) is 2.42. The fraction of sp³-hybridized carbons (Fsp3) is 0.533. The summed E-state index contributed by atoms with van der Waals surface area (Å²) in [6, 6.07) is 5.99. The lowest BCUT2D eigenvalue weighted by atomic mass is 10.1. The van der Waals surface area contributed by atoms with Crippen LogP contribution in [0, 0.1) is 0 Å². The monoisotopic (exact) mass is 407 g/mol. The summed E-state index contributed by atoms with van der Waals surface area (Å²) in [5.74, 6) is 2.06. The number of guanidine groups is 1. The molecule has 1 aromatic carbocycles. The molecule has 0 radical (unpaired) electrons. The van der Waals surface area contributed by atoms with Crippen LogP contribution < -0.4 is 20.5 Å². The van der Waals surface area contributed by atoms with Crippen LogP contribution in [0.25, 0.3) is 0 Å². The summed E-state index contributed by atoms with van der Waals surface area (Å²) < 4.78 is 11.1. The summed E-state index contributed by atoms with van der Waals surface area (Å²) in [6.07, 6.45) is 0.818. The second-order valence-corrected chi connectivity index (χ2v) is 4.19. The third-order valence-corrected chi connectivity index (χ3v) is 2.65. The summed E-state index contributed by atoms with van der Waals surface area (Å²) in [5.41, 5.74) is 6.84. The maximum Gasteiger partial charge on any atom is 0.188 e. The number of benzene rings is 1. The standard InChI is InChI=1S/C15H25N3O2.HI/c1-4-17-15(16)18-10-9-12-7-8-13(19-5-2)14(11-12)20-6-3;/h7-8,11H,4-6,9-10H2,1-3H3,(H3,16,17,18);1H. The molecule has 0 aliphatic rings. The molecule has 0 aliphatic carbocycles. The Balaban J connectivity index is 0.00000400. The van der Waals surface area contributed by atoms with Gasteiger partial charge in [0.1, 0.15) is 0 Å². The van der Waals surface area contributed by atoms with Gasteiger partial charge in [0.25, 0.3) is 0 Å². The van der Waals surface area contributed by atoms with Gasteiger partial charge >= 0.3 is 0 Å². The van der Waals surface area contributed by atoms with Gasteiger partial charge in [0.05, 0.1) is 13.2 Å². The lowest BCUT2D eigenvalue weighted by Gasteiger charge is -2.12. The molecule has 0 unspecified atom stereocenters. The van der Waals surface area contributed by atoms with E-state index in [-0.39, 0.29) is 24.0 Å². The smallest absolute Gasteiger partial charge is 0.188 e. The van der Waals surface area contributed by atoms with Crippen LogP contribution in [0.1, 0.15) is 26.3 Å². The van der Waals surface area contributed by atoms with E-state index in [4.69, 9.17) is 15.2 Å². The number of nitrogens with one attached hydrogen (secondary N) is 1. The summed E-state index contributed by atoms with van der Waals surface area (Å²) >= 11 is 0. The van der Waals surface area contributed by atoms with Gasteiger partial charge in [0, 0.05) is 13.1 Å². The number of nitrogens with two attached hydrogens (primary N) is 1. The van der Waals surface area contributed by atoms with Crippen molar-refractivity contribution in [2.45, 2.75) is 27.2 Å². The van der Waals surface area contributed by atoms with Gasteiger partial charge in [-0.15, -0.1) is 24.0 Å². The Labute approximate surface area is 144 Å². The molecule has 0 spiro atoms. The first kappa shape index (κ1) is 19.8. The fourth-order valence-corrected chi connectivity index (χ4v) is 1.79. The number of hydrogen-bond donors (Lipinski definition) is 2. The first-order valence-corrected chi connectivity index (χ1v) is 7.13. The molecule has 0 bridgehead atoms. The average molecular weight is 407 g/mol. The van der Waals surface area contributed by atoms with E-state index in [1.54, 1.807) is 0 Å². The predicted molar refractivity (Wildman–Crippen MR) is 98.1 cm³/mol. The number of ether oxygens (including phenoxy) is 2. The molecular formula is C15H26IN3O2. The molecule has 120 valence electrons. The van der Waals surface area contributed by atoms with Gasteiger partial charge < -0.3 is 20.5 Å². The number of rotatable bonds is 8. The van der Waals surface area contributed by atoms with Gasteiger partial charge in [-0.3, -0.25) is 4.99 Å². The quantitative estimate of drug-likeness (QED) is 0.395. The zero-order chi connectivity index (χ0) is 14.8. The molecule has 21 heavy (non-hydrogen) atoms. The summed E-state index contributed by atoms with van der Waals surface area (Å²) in [7, 11) is 0. The molecular weight excluding hydrogens is 381 g/mol. The van der Waals surface area contributed by atoms with Crippen LogP contribution >= 0.6 is 24.0 Å². The second-order valence-electron chi connectivity index (χ2n) is 4.19. The normalized spacial score (nSPS) is 10.7. The lowest BCUT2D eigenvalue weighted by molar-refractivity contribution is 0.287. The van der Waals surface area contributed by atoms with Crippen molar-refractivity contribution in [3.63, 3.8) is 0 Å². The van der Waals surface area contributed by atoms with Crippen LogP contribution in [0.2, 0.25) is 0 Å². The van der Waals surface area contributed by atoms with Crippen LogP contribution in [-0.4, -0.2) is 32.3 Å². The molecule has 0 atom stereocenters. The second kappa shape index (κ2) is 11.5. The number of halogens is 1. The minimum absolute atomic E-state index is 0. The highest BCUT2D eigenvalue weighted by Gasteiger charge is 2.05. The Kier molecular flexibility index (Phi) is 10.8. The van der Waals surface area contributed by atoms with Crippen molar-refractivity contribution in [3.05, 3.63) is 23.8 Å². The van der Waals surface area contributed by atoms with Gasteiger partial charge in [-0.05, 0) is 44.9 Å². The molecule has 3 N–H and O–H groups in total. The van der Waals surface area contributed by atoms with Gasteiger partial charge in [0.2, 0.25) is 0 Å². The lowest BCUT2D eigenvalue weighted by Crippen LogP contribution is -2.31. The van der Waals surface area contributed by atoms with E-state index in [0.717, 1.165) is 30.0 Å². The zero-order valence-electron chi connectivity index (χ0n) is 13.0. The van der Waals surface area contributed by atoms with Crippen molar-refractivity contribution >= 4 is 29.9 Å². The third-order valence-electron chi connectivity index (χ3n) is 2.65. The van der Waals surface area contributed by atoms with Crippen molar-refractivity contribution in [2.75, 3.05) is 26.3 Å². The Morgan fingerprint density at radius 1 is 1.14 bits per heavy atom. The highest BCUT2D eigenvalue weighted by molar-refractivity contribution is 14.0. The number of hydrogen-bond acceptors (Lipinski definition) is 3. The van der Waals surface area contributed by atoms with Crippen molar-refractivity contribution in [3.8, 4) is 11.5 Å². The largest absolute Gasteiger partial charge is 0.490 e. The van der Waals surface area contributed by atoms with E-state index in [1.807, 2.05) is 39.0 Å². The molecule has 0 saturated carbocycles. The van der Waals surface area contributed by atoms with Gasteiger partial charge in [0.15, 0.2) is 17.5 Å². The maximum atomic E-state index is 5.68. The van der Waals surface area contributed by atoms with Crippen LogP contribution in [-0.2, 0) is 6.42 Å². The minimum Gasteiger partial charge on any atom is -0.490 e. The van der Waals surface area contributed by atoms with Gasteiger partial charge in [-0.1, -0.05) is 6.07 Å². The first-order valence-electron chi connectivity index (χ1n) is 7.13. The Morgan fingerprint density at radius 2 is 1.81 bits per heavy atom. The number of aliphatic imine (C=N–C) groups is 1. The molecule has 1 aromatic rings. The topological polar surface area (TPSA) is 68.9 Å². The van der Waals surface area contributed by atoms with E-state index in [0.29, 0.717) is 25.7 Å². The van der Waals surface area contributed by atoms with Crippen molar-refractivity contribution in [1.82, 2.24) is 5.32 Å². The molecule has 0 aliphatic heterocycles. The molecule has 0 saturated heterocycles. The summed E-state index contributed by atoms with van der Waals surface area (Å²) in [6.45, 7) is 8.60. The third kappa shape index (κ3) is 7.40. The van der Waals surface area contributed by atoms with E-state index in [2.05, 4.69) is 10.3 Å². The van der Waals surface area contributed by atoms with Gasteiger partial charge in [-0.2, -0.15) is 0 Å². The van der Waals surface area contributed by atoms with Crippen LogP contribution in [0.3, 0.4) is 0 Å². The molecule has 0 fully saturated rings.